The van der Waals surface area contributed by atoms with E-state index < -0.39 is 5.91 Å². The van der Waals surface area contributed by atoms with E-state index in [2.05, 4.69) is 9.97 Å². The Bertz CT molecular complexity index is 1060. The third kappa shape index (κ3) is 2.25. The maximum Gasteiger partial charge on any atom is 0.267 e. The summed E-state index contributed by atoms with van der Waals surface area (Å²) in [6.45, 7) is 1.88. The van der Waals surface area contributed by atoms with Gasteiger partial charge in [0.2, 0.25) is 5.89 Å². The fourth-order valence-corrected chi connectivity index (χ4v) is 2.72. The molecule has 0 saturated carbocycles. The van der Waals surface area contributed by atoms with Gasteiger partial charge in [0.25, 0.3) is 5.91 Å². The van der Waals surface area contributed by atoms with Gasteiger partial charge in [0.1, 0.15) is 17.6 Å². The predicted molar refractivity (Wildman–Crippen MR) is 89.4 cm³/mol. The van der Waals surface area contributed by atoms with Crippen molar-refractivity contribution in [2.45, 2.75) is 6.92 Å². The molecular weight excluding hydrogens is 304 g/mol. The topological polar surface area (TPSA) is 86.4 Å². The molecule has 1 aromatic carbocycles. The number of nitrogens with zero attached hydrogens (tertiary/aromatic N) is 3. The molecule has 6 heteroatoms. The van der Waals surface area contributed by atoms with Gasteiger partial charge in [0.15, 0.2) is 0 Å². The van der Waals surface area contributed by atoms with Crippen LogP contribution in [0.5, 0.6) is 0 Å². The lowest BCUT2D eigenvalue weighted by molar-refractivity contribution is 0.0995. The van der Waals surface area contributed by atoms with Crippen molar-refractivity contribution < 1.29 is 9.21 Å². The molecule has 118 valence electrons. The average Bonchev–Trinajstić information content (AvgIpc) is 3.20. The minimum atomic E-state index is -0.517. The number of aryl methyl sites for hydroxylation is 1. The van der Waals surface area contributed by atoms with Crippen molar-refractivity contribution in [1.29, 1.82) is 0 Å². The number of hydrogen-bond donors (Lipinski definition) is 1. The molecule has 0 spiro atoms. The van der Waals surface area contributed by atoms with Gasteiger partial charge >= 0.3 is 0 Å². The Labute approximate surface area is 137 Å². The fourth-order valence-electron chi connectivity index (χ4n) is 2.72. The number of amides is 1. The molecule has 0 saturated heterocycles. The van der Waals surface area contributed by atoms with Crippen LogP contribution in [0, 0.1) is 6.92 Å². The van der Waals surface area contributed by atoms with Crippen LogP contribution in [0.2, 0.25) is 0 Å². The van der Waals surface area contributed by atoms with E-state index in [1.807, 2.05) is 49.5 Å². The second-order valence-corrected chi connectivity index (χ2v) is 5.49. The van der Waals surface area contributed by atoms with Crippen molar-refractivity contribution in [3.8, 4) is 22.6 Å². The van der Waals surface area contributed by atoms with Gasteiger partial charge in [0.05, 0.1) is 11.9 Å². The van der Waals surface area contributed by atoms with E-state index in [0.29, 0.717) is 17.2 Å². The summed E-state index contributed by atoms with van der Waals surface area (Å²) in [6, 6.07) is 11.6. The number of hydrogen-bond acceptors (Lipinski definition) is 4. The van der Waals surface area contributed by atoms with Crippen LogP contribution < -0.4 is 5.73 Å². The van der Waals surface area contributed by atoms with Gasteiger partial charge in [0, 0.05) is 11.8 Å². The van der Waals surface area contributed by atoms with Crippen LogP contribution in [0.3, 0.4) is 0 Å². The molecule has 24 heavy (non-hydrogen) atoms. The van der Waals surface area contributed by atoms with E-state index in [-0.39, 0.29) is 0 Å². The van der Waals surface area contributed by atoms with Gasteiger partial charge in [-0.3, -0.25) is 9.20 Å². The van der Waals surface area contributed by atoms with Crippen LogP contribution >= 0.6 is 0 Å². The molecule has 3 aromatic heterocycles. The molecular formula is C18H14N4O2. The number of nitrogens with two attached hydrogens (primary N) is 1. The highest BCUT2D eigenvalue weighted by Crippen LogP contribution is 2.31. The first-order chi connectivity index (χ1) is 11.6. The number of benzene rings is 1. The minimum Gasteiger partial charge on any atom is -0.444 e. The molecule has 4 aromatic rings. The summed E-state index contributed by atoms with van der Waals surface area (Å²) in [6.07, 6.45) is 4.94. The molecule has 0 aliphatic heterocycles. The van der Waals surface area contributed by atoms with Crippen LogP contribution in [0.4, 0.5) is 0 Å². The van der Waals surface area contributed by atoms with Crippen molar-refractivity contribution in [1.82, 2.24) is 14.4 Å². The van der Waals surface area contributed by atoms with E-state index in [9.17, 15) is 4.79 Å². The van der Waals surface area contributed by atoms with Crippen molar-refractivity contribution in [3.05, 3.63) is 66.4 Å². The van der Waals surface area contributed by atoms with Crippen molar-refractivity contribution in [2.24, 2.45) is 5.73 Å². The lowest BCUT2D eigenvalue weighted by Crippen LogP contribution is -2.13. The SMILES string of the molecule is Cc1coc(-c2ccccc2-c2ccc3ncc(C(N)=O)n3c2)n1. The number of imidazole rings is 1. The predicted octanol–water partition coefficient (Wildman–Crippen LogP) is 3.06. The molecule has 0 bridgehead atoms. The van der Waals surface area contributed by atoms with E-state index in [4.69, 9.17) is 10.2 Å². The largest absolute Gasteiger partial charge is 0.444 e. The summed E-state index contributed by atoms with van der Waals surface area (Å²) in [5.74, 6) is 0.0419. The highest BCUT2D eigenvalue weighted by Gasteiger charge is 2.14. The molecule has 0 fully saturated rings. The maximum absolute atomic E-state index is 11.6. The fraction of sp³-hybridized carbons (Fsp3) is 0.0556. The quantitative estimate of drug-likeness (QED) is 0.629. The second kappa shape index (κ2) is 5.34. The van der Waals surface area contributed by atoms with Gasteiger partial charge < -0.3 is 10.2 Å². The Morgan fingerprint density at radius 1 is 1.17 bits per heavy atom. The molecule has 1 amide bonds. The van der Waals surface area contributed by atoms with Gasteiger partial charge in [-0.1, -0.05) is 18.2 Å². The first-order valence-electron chi connectivity index (χ1n) is 7.42. The molecule has 6 nitrogen and oxygen atoms in total. The third-order valence-corrected chi connectivity index (χ3v) is 3.85. The lowest BCUT2D eigenvalue weighted by Gasteiger charge is -2.08. The van der Waals surface area contributed by atoms with Gasteiger partial charge in [-0.25, -0.2) is 9.97 Å². The van der Waals surface area contributed by atoms with Crippen LogP contribution in [0.1, 0.15) is 16.2 Å². The van der Waals surface area contributed by atoms with Crippen LogP contribution in [-0.4, -0.2) is 20.3 Å². The van der Waals surface area contributed by atoms with E-state index >= 15 is 0 Å². The first kappa shape index (κ1) is 14.2. The highest BCUT2D eigenvalue weighted by atomic mass is 16.3. The summed E-state index contributed by atoms with van der Waals surface area (Å²) in [5.41, 5.74) is 9.98. The number of aromatic nitrogens is 3. The summed E-state index contributed by atoms with van der Waals surface area (Å²) >= 11 is 0. The maximum atomic E-state index is 11.6. The summed E-state index contributed by atoms with van der Waals surface area (Å²) in [5, 5.41) is 0. The molecule has 2 N–H and O–H groups in total. The molecule has 3 heterocycles. The number of fused-ring (bicyclic) bond motifs is 1. The number of oxazole rings is 1. The van der Waals surface area contributed by atoms with Crippen LogP contribution in [0.25, 0.3) is 28.2 Å². The van der Waals surface area contributed by atoms with E-state index in [1.165, 1.54) is 6.20 Å². The van der Waals surface area contributed by atoms with Crippen molar-refractivity contribution in [2.75, 3.05) is 0 Å². The zero-order chi connectivity index (χ0) is 16.7. The summed E-state index contributed by atoms with van der Waals surface area (Å²) in [7, 11) is 0. The second-order valence-electron chi connectivity index (χ2n) is 5.49. The van der Waals surface area contributed by atoms with Crippen molar-refractivity contribution >= 4 is 11.6 Å². The van der Waals surface area contributed by atoms with Crippen LogP contribution in [0.15, 0.2) is 59.5 Å². The molecule has 0 aliphatic carbocycles. The summed E-state index contributed by atoms with van der Waals surface area (Å²) in [4.78, 5) is 20.1. The number of carbonyl (C=O) groups is 1. The number of primary amides is 1. The Kier molecular flexibility index (Phi) is 3.16. The molecule has 0 aliphatic rings. The Hall–Kier alpha value is -3.41. The van der Waals surface area contributed by atoms with Crippen LogP contribution in [-0.2, 0) is 0 Å². The van der Waals surface area contributed by atoms with Gasteiger partial charge in [-0.05, 0) is 36.2 Å². The van der Waals surface area contributed by atoms with Gasteiger partial charge in [-0.2, -0.15) is 0 Å². The Morgan fingerprint density at radius 3 is 2.67 bits per heavy atom. The first-order valence-corrected chi connectivity index (χ1v) is 7.42. The van der Waals surface area contributed by atoms with Gasteiger partial charge in [-0.15, -0.1) is 0 Å². The Balaban J connectivity index is 1.92. The molecule has 0 atom stereocenters. The number of carbonyl (C=O) groups excluding carboxylic acids is 1. The molecule has 4 rings (SSSR count). The number of pyridine rings is 1. The monoisotopic (exact) mass is 318 g/mol. The molecule has 0 unspecified atom stereocenters. The summed E-state index contributed by atoms with van der Waals surface area (Å²) < 4.78 is 7.23. The smallest absolute Gasteiger partial charge is 0.267 e. The van der Waals surface area contributed by atoms with Crippen molar-refractivity contribution in [3.63, 3.8) is 0 Å². The third-order valence-electron chi connectivity index (χ3n) is 3.85. The van der Waals surface area contributed by atoms with E-state index in [0.717, 1.165) is 22.4 Å². The lowest BCUT2D eigenvalue weighted by atomic mass is 10.0. The zero-order valence-electron chi connectivity index (χ0n) is 12.9. The standard InChI is InChI=1S/C18H14N4O2/c1-11-10-24-18(21-11)14-5-3-2-4-13(14)12-6-7-16-20-8-15(17(19)23)22(16)9-12/h2-10H,1H3,(H2,19,23). The average molecular weight is 318 g/mol. The molecule has 0 radical (unpaired) electrons. The highest BCUT2D eigenvalue weighted by molar-refractivity contribution is 5.92. The normalized spacial score (nSPS) is 11.0. The number of rotatable bonds is 3. The Morgan fingerprint density at radius 2 is 1.96 bits per heavy atom. The zero-order valence-corrected chi connectivity index (χ0v) is 12.9. The van der Waals surface area contributed by atoms with E-state index in [1.54, 1.807) is 10.7 Å². The minimum absolute atomic E-state index is 0.344.